The Labute approximate surface area is 170 Å². The fourth-order valence-electron chi connectivity index (χ4n) is 4.27. The third-order valence-corrected chi connectivity index (χ3v) is 5.74. The van der Waals surface area contributed by atoms with Crippen LogP contribution in [0.4, 0.5) is 11.4 Å². The van der Waals surface area contributed by atoms with Crippen LogP contribution in [0.5, 0.6) is 5.75 Å². The summed E-state index contributed by atoms with van der Waals surface area (Å²) in [5.41, 5.74) is 3.76. The Hall–Kier alpha value is -3.09. The minimum atomic E-state index is -0.469. The monoisotopic (exact) mass is 394 g/mol. The molecule has 7 heteroatoms. The highest BCUT2D eigenvalue weighted by atomic mass is 16.5. The van der Waals surface area contributed by atoms with Gasteiger partial charge >= 0.3 is 0 Å². The number of pyridine rings is 1. The molecule has 7 nitrogen and oxygen atoms in total. The molecule has 0 saturated carbocycles. The first kappa shape index (κ1) is 19.2. The van der Waals surface area contributed by atoms with E-state index in [2.05, 4.69) is 22.1 Å². The van der Waals surface area contributed by atoms with Crippen LogP contribution in [0.2, 0.25) is 0 Å². The van der Waals surface area contributed by atoms with Crippen molar-refractivity contribution in [1.82, 2.24) is 9.88 Å². The van der Waals surface area contributed by atoms with E-state index < -0.39 is 5.92 Å². The van der Waals surface area contributed by atoms with Crippen LogP contribution in [0.15, 0.2) is 36.7 Å². The Morgan fingerprint density at radius 1 is 1.21 bits per heavy atom. The third kappa shape index (κ3) is 3.77. The van der Waals surface area contributed by atoms with Crippen molar-refractivity contribution < 1.29 is 14.3 Å². The molecule has 0 spiro atoms. The van der Waals surface area contributed by atoms with Gasteiger partial charge in [0, 0.05) is 50.7 Å². The molecule has 1 atom stereocenters. The van der Waals surface area contributed by atoms with Crippen molar-refractivity contribution in [2.24, 2.45) is 0 Å². The second-order valence-electron chi connectivity index (χ2n) is 7.56. The van der Waals surface area contributed by atoms with Crippen molar-refractivity contribution in [2.45, 2.75) is 25.7 Å². The van der Waals surface area contributed by atoms with Gasteiger partial charge in [0.05, 0.1) is 18.7 Å². The maximum Gasteiger partial charge on any atom is 0.230 e. The molecule has 4 rings (SSSR count). The van der Waals surface area contributed by atoms with Crippen LogP contribution in [-0.4, -0.2) is 55.0 Å². The maximum atomic E-state index is 13.4. The number of anilines is 2. The molecule has 152 valence electrons. The summed E-state index contributed by atoms with van der Waals surface area (Å²) in [4.78, 5) is 34.1. The number of benzene rings is 1. The number of amides is 2. The Morgan fingerprint density at radius 2 is 2.07 bits per heavy atom. The van der Waals surface area contributed by atoms with Gasteiger partial charge in [0.1, 0.15) is 5.75 Å². The smallest absolute Gasteiger partial charge is 0.230 e. The number of ether oxygens (including phenoxy) is 1. The highest BCUT2D eigenvalue weighted by Crippen LogP contribution is 2.39. The van der Waals surface area contributed by atoms with E-state index in [0.29, 0.717) is 24.5 Å². The number of methoxy groups -OCH3 is 1. The quantitative estimate of drug-likeness (QED) is 0.866. The van der Waals surface area contributed by atoms with E-state index in [1.165, 1.54) is 5.69 Å². The number of hydrogen-bond acceptors (Lipinski definition) is 5. The molecular formula is C22H26N4O3. The third-order valence-electron chi connectivity index (χ3n) is 5.74. The Kier molecular flexibility index (Phi) is 5.38. The molecule has 0 radical (unpaired) electrons. The summed E-state index contributed by atoms with van der Waals surface area (Å²) >= 11 is 0. The van der Waals surface area contributed by atoms with Crippen molar-refractivity contribution in [1.29, 1.82) is 0 Å². The SMILES string of the molecule is COc1cccc2c1NC(=O)CC2C(=O)N1CCCN(c2ccncc2C)CC1. The van der Waals surface area contributed by atoms with Crippen LogP contribution in [0.3, 0.4) is 0 Å². The zero-order valence-electron chi connectivity index (χ0n) is 16.9. The number of nitrogens with one attached hydrogen (secondary N) is 1. The molecule has 1 N–H and O–H groups in total. The van der Waals surface area contributed by atoms with E-state index in [1.807, 2.05) is 29.3 Å². The van der Waals surface area contributed by atoms with Gasteiger partial charge in [-0.15, -0.1) is 0 Å². The summed E-state index contributed by atoms with van der Waals surface area (Å²) in [6.07, 6.45) is 4.73. The predicted molar refractivity (Wildman–Crippen MR) is 111 cm³/mol. The zero-order chi connectivity index (χ0) is 20.4. The van der Waals surface area contributed by atoms with Gasteiger partial charge < -0.3 is 19.9 Å². The normalized spacial score (nSPS) is 19.2. The molecule has 1 saturated heterocycles. The summed E-state index contributed by atoms with van der Waals surface area (Å²) in [5, 5.41) is 2.87. The molecule has 1 aromatic carbocycles. The van der Waals surface area contributed by atoms with Gasteiger partial charge in [0.25, 0.3) is 0 Å². The average Bonchev–Trinajstić information content (AvgIpc) is 2.98. The van der Waals surface area contributed by atoms with Gasteiger partial charge in [-0.25, -0.2) is 0 Å². The first-order valence-corrected chi connectivity index (χ1v) is 9.99. The number of carbonyl (C=O) groups is 2. The first-order chi connectivity index (χ1) is 14.1. The minimum absolute atomic E-state index is 0.0163. The van der Waals surface area contributed by atoms with E-state index in [0.717, 1.165) is 30.6 Å². The van der Waals surface area contributed by atoms with E-state index in [-0.39, 0.29) is 18.2 Å². The number of para-hydroxylation sites is 1. The Morgan fingerprint density at radius 3 is 2.86 bits per heavy atom. The largest absolute Gasteiger partial charge is 0.495 e. The lowest BCUT2D eigenvalue weighted by molar-refractivity contribution is -0.134. The summed E-state index contributed by atoms with van der Waals surface area (Å²) in [5.74, 6) is -0.0153. The molecule has 1 fully saturated rings. The maximum absolute atomic E-state index is 13.4. The minimum Gasteiger partial charge on any atom is -0.495 e. The van der Waals surface area contributed by atoms with Gasteiger partial charge in [-0.05, 0) is 36.6 Å². The molecular weight excluding hydrogens is 368 g/mol. The lowest BCUT2D eigenvalue weighted by atomic mass is 9.89. The Bertz CT molecular complexity index is 930. The molecule has 2 aliphatic rings. The van der Waals surface area contributed by atoms with Crippen molar-refractivity contribution in [3.05, 3.63) is 47.8 Å². The van der Waals surface area contributed by atoms with Crippen LogP contribution in [0.25, 0.3) is 0 Å². The number of carbonyl (C=O) groups excluding carboxylic acids is 2. The number of fused-ring (bicyclic) bond motifs is 1. The van der Waals surface area contributed by atoms with Gasteiger partial charge in [0.15, 0.2) is 0 Å². The van der Waals surface area contributed by atoms with Crippen molar-refractivity contribution in [3.63, 3.8) is 0 Å². The highest BCUT2D eigenvalue weighted by Gasteiger charge is 2.35. The second kappa shape index (κ2) is 8.11. The van der Waals surface area contributed by atoms with Crippen molar-refractivity contribution in [2.75, 3.05) is 43.5 Å². The lowest BCUT2D eigenvalue weighted by Gasteiger charge is -2.31. The summed E-state index contributed by atoms with van der Waals surface area (Å²) in [6.45, 7) is 5.04. The van der Waals surface area contributed by atoms with Crippen molar-refractivity contribution >= 4 is 23.2 Å². The van der Waals surface area contributed by atoms with Crippen molar-refractivity contribution in [3.8, 4) is 5.75 Å². The lowest BCUT2D eigenvalue weighted by Crippen LogP contribution is -2.40. The standard InChI is InChI=1S/C22H26N4O3/c1-15-14-23-8-7-18(15)25-9-4-10-26(12-11-25)22(28)17-13-20(27)24-21-16(17)5-3-6-19(21)29-2/h3,5-8,14,17H,4,9-13H2,1-2H3,(H,24,27). The average molecular weight is 394 g/mol. The molecule has 2 aliphatic heterocycles. The van der Waals surface area contributed by atoms with Crippen LogP contribution >= 0.6 is 0 Å². The number of nitrogens with zero attached hydrogens (tertiary/aromatic N) is 3. The van der Waals surface area contributed by atoms with Gasteiger partial charge in [-0.3, -0.25) is 14.6 Å². The summed E-state index contributed by atoms with van der Waals surface area (Å²) in [7, 11) is 1.57. The predicted octanol–water partition coefficient (Wildman–Crippen LogP) is 2.56. The van der Waals surface area contributed by atoms with Crippen LogP contribution < -0.4 is 15.0 Å². The molecule has 2 aromatic rings. The fourth-order valence-corrected chi connectivity index (χ4v) is 4.27. The number of rotatable bonds is 3. The first-order valence-electron chi connectivity index (χ1n) is 9.99. The van der Waals surface area contributed by atoms with E-state index in [1.54, 1.807) is 19.4 Å². The zero-order valence-corrected chi connectivity index (χ0v) is 16.9. The summed E-state index contributed by atoms with van der Waals surface area (Å²) in [6, 6.07) is 7.60. The molecule has 0 bridgehead atoms. The number of aryl methyl sites for hydroxylation is 1. The molecule has 2 amide bonds. The molecule has 1 unspecified atom stereocenters. The van der Waals surface area contributed by atoms with Crippen LogP contribution in [-0.2, 0) is 9.59 Å². The molecule has 3 heterocycles. The Balaban J connectivity index is 1.54. The van der Waals surface area contributed by atoms with Gasteiger partial charge in [0.2, 0.25) is 11.8 Å². The topological polar surface area (TPSA) is 74.8 Å². The van der Waals surface area contributed by atoms with Crippen LogP contribution in [0, 0.1) is 6.92 Å². The van der Waals surface area contributed by atoms with Crippen LogP contribution in [0.1, 0.15) is 29.9 Å². The number of aromatic nitrogens is 1. The summed E-state index contributed by atoms with van der Waals surface area (Å²) < 4.78 is 5.38. The van der Waals surface area contributed by atoms with E-state index >= 15 is 0 Å². The highest BCUT2D eigenvalue weighted by molar-refractivity contribution is 6.02. The fraction of sp³-hybridized carbons (Fsp3) is 0.409. The molecule has 1 aromatic heterocycles. The molecule has 0 aliphatic carbocycles. The van der Waals surface area contributed by atoms with Gasteiger partial charge in [-0.2, -0.15) is 0 Å². The van der Waals surface area contributed by atoms with E-state index in [4.69, 9.17) is 4.74 Å². The number of hydrogen-bond donors (Lipinski definition) is 1. The van der Waals surface area contributed by atoms with E-state index in [9.17, 15) is 9.59 Å². The van der Waals surface area contributed by atoms with Gasteiger partial charge in [-0.1, -0.05) is 12.1 Å². The second-order valence-corrected chi connectivity index (χ2v) is 7.56. The molecule has 29 heavy (non-hydrogen) atoms.